The highest BCUT2D eigenvalue weighted by molar-refractivity contribution is 5.06. The van der Waals surface area contributed by atoms with E-state index in [1.165, 1.54) is 37.7 Å². The minimum Gasteiger partial charge on any atom is -0.0996 e. The molecule has 0 fully saturated rings. The zero-order chi connectivity index (χ0) is 8.10. The Morgan fingerprint density at radius 1 is 1.55 bits per heavy atom. The van der Waals surface area contributed by atoms with Gasteiger partial charge < -0.3 is 0 Å². The molecule has 0 aromatic carbocycles. The minimum absolute atomic E-state index is 0.792. The molecule has 0 amide bonds. The molecule has 1 aliphatic carbocycles. The topological polar surface area (TPSA) is 0 Å². The summed E-state index contributed by atoms with van der Waals surface area (Å²) in [7, 11) is 0. The van der Waals surface area contributed by atoms with E-state index in [1.54, 1.807) is 0 Å². The van der Waals surface area contributed by atoms with Gasteiger partial charge in [-0.25, -0.2) is 0 Å². The maximum absolute atomic E-state index is 4.13. The molecule has 0 N–H and O–H groups in total. The predicted molar refractivity (Wildman–Crippen MR) is 50.5 cm³/mol. The van der Waals surface area contributed by atoms with Crippen molar-refractivity contribution in [3.05, 3.63) is 24.3 Å². The van der Waals surface area contributed by atoms with E-state index in [-0.39, 0.29) is 0 Å². The van der Waals surface area contributed by atoms with Gasteiger partial charge in [0.1, 0.15) is 0 Å². The number of hydrogen-bond acceptors (Lipinski definition) is 0. The van der Waals surface area contributed by atoms with Gasteiger partial charge >= 0.3 is 0 Å². The lowest BCUT2D eigenvalue weighted by Crippen LogP contribution is -2.04. The van der Waals surface area contributed by atoms with E-state index in [1.807, 2.05) is 0 Å². The van der Waals surface area contributed by atoms with Crippen LogP contribution in [0.3, 0.4) is 0 Å². The molecule has 1 rings (SSSR count). The van der Waals surface area contributed by atoms with E-state index in [0.717, 1.165) is 5.92 Å². The van der Waals surface area contributed by atoms with Gasteiger partial charge in [0.2, 0.25) is 0 Å². The zero-order valence-corrected chi connectivity index (χ0v) is 7.47. The van der Waals surface area contributed by atoms with Crippen LogP contribution in [0.4, 0.5) is 0 Å². The predicted octanol–water partition coefficient (Wildman–Crippen LogP) is 3.70. The number of allylic oxidation sites excluding steroid dienone is 3. The average molecular weight is 150 g/mol. The first-order valence-corrected chi connectivity index (χ1v) is 4.67. The molecule has 0 unspecified atom stereocenters. The molecule has 0 bridgehead atoms. The Balaban J connectivity index is 2.34. The molecule has 1 aliphatic rings. The van der Waals surface area contributed by atoms with Gasteiger partial charge in [-0.05, 0) is 31.6 Å². The SMILES string of the molecule is C=C(CCC)[C@H]1CC=CCC1. The fourth-order valence-electron chi connectivity index (χ4n) is 1.69. The van der Waals surface area contributed by atoms with Gasteiger partial charge in [-0.1, -0.05) is 37.6 Å². The highest BCUT2D eigenvalue weighted by Gasteiger charge is 2.11. The molecule has 0 heterocycles. The highest BCUT2D eigenvalue weighted by atomic mass is 14.2. The van der Waals surface area contributed by atoms with Crippen molar-refractivity contribution in [3.8, 4) is 0 Å². The summed E-state index contributed by atoms with van der Waals surface area (Å²) in [4.78, 5) is 0. The molecule has 11 heavy (non-hydrogen) atoms. The van der Waals surface area contributed by atoms with E-state index >= 15 is 0 Å². The molecular formula is C11H18. The van der Waals surface area contributed by atoms with Crippen LogP contribution < -0.4 is 0 Å². The maximum Gasteiger partial charge on any atom is -0.0168 e. The van der Waals surface area contributed by atoms with Crippen molar-refractivity contribution in [3.63, 3.8) is 0 Å². The molecular weight excluding hydrogens is 132 g/mol. The summed E-state index contributed by atoms with van der Waals surface area (Å²) in [6.45, 7) is 6.36. The van der Waals surface area contributed by atoms with Crippen LogP contribution in [-0.2, 0) is 0 Å². The fraction of sp³-hybridized carbons (Fsp3) is 0.636. The third-order valence-corrected chi connectivity index (χ3v) is 2.42. The van der Waals surface area contributed by atoms with Crippen molar-refractivity contribution in [2.45, 2.75) is 39.0 Å². The second kappa shape index (κ2) is 4.38. The lowest BCUT2D eigenvalue weighted by atomic mass is 9.86. The van der Waals surface area contributed by atoms with Gasteiger partial charge in [0.05, 0.1) is 0 Å². The van der Waals surface area contributed by atoms with Crippen molar-refractivity contribution in [1.82, 2.24) is 0 Å². The van der Waals surface area contributed by atoms with E-state index in [4.69, 9.17) is 0 Å². The molecule has 0 radical (unpaired) electrons. The molecule has 0 aromatic heterocycles. The molecule has 0 spiro atoms. The van der Waals surface area contributed by atoms with Gasteiger partial charge in [-0.3, -0.25) is 0 Å². The molecule has 0 saturated carbocycles. The Labute approximate surface area is 70.0 Å². The zero-order valence-electron chi connectivity index (χ0n) is 7.47. The van der Waals surface area contributed by atoms with Crippen LogP contribution in [0, 0.1) is 5.92 Å². The van der Waals surface area contributed by atoms with Crippen LogP contribution in [-0.4, -0.2) is 0 Å². The Morgan fingerprint density at radius 2 is 2.36 bits per heavy atom. The van der Waals surface area contributed by atoms with Crippen molar-refractivity contribution >= 4 is 0 Å². The summed E-state index contributed by atoms with van der Waals surface area (Å²) >= 11 is 0. The first kappa shape index (κ1) is 8.58. The Kier molecular flexibility index (Phi) is 3.41. The average Bonchev–Trinajstić information content (AvgIpc) is 2.07. The second-order valence-electron chi connectivity index (χ2n) is 3.39. The Bertz CT molecular complexity index is 153. The van der Waals surface area contributed by atoms with E-state index in [2.05, 4.69) is 25.7 Å². The lowest BCUT2D eigenvalue weighted by Gasteiger charge is -2.19. The first-order valence-electron chi connectivity index (χ1n) is 4.67. The van der Waals surface area contributed by atoms with Gasteiger partial charge in [0, 0.05) is 0 Å². The van der Waals surface area contributed by atoms with E-state index in [9.17, 15) is 0 Å². The highest BCUT2D eigenvalue weighted by Crippen LogP contribution is 2.26. The van der Waals surface area contributed by atoms with Crippen LogP contribution in [0.2, 0.25) is 0 Å². The first-order chi connectivity index (χ1) is 5.34. The van der Waals surface area contributed by atoms with Crippen molar-refractivity contribution in [2.24, 2.45) is 5.92 Å². The van der Waals surface area contributed by atoms with E-state index < -0.39 is 0 Å². The lowest BCUT2D eigenvalue weighted by molar-refractivity contribution is 0.533. The monoisotopic (exact) mass is 150 g/mol. The molecule has 0 nitrogen and oxygen atoms in total. The fourth-order valence-corrected chi connectivity index (χ4v) is 1.69. The Morgan fingerprint density at radius 3 is 2.91 bits per heavy atom. The molecule has 0 saturated heterocycles. The summed E-state index contributed by atoms with van der Waals surface area (Å²) in [6, 6.07) is 0. The molecule has 1 atom stereocenters. The summed E-state index contributed by atoms with van der Waals surface area (Å²) in [5, 5.41) is 0. The van der Waals surface area contributed by atoms with Crippen LogP contribution in [0.5, 0.6) is 0 Å². The maximum atomic E-state index is 4.13. The van der Waals surface area contributed by atoms with Gasteiger partial charge in [-0.15, -0.1) is 0 Å². The summed E-state index contributed by atoms with van der Waals surface area (Å²) in [5.74, 6) is 0.792. The van der Waals surface area contributed by atoms with E-state index in [0.29, 0.717) is 0 Å². The second-order valence-corrected chi connectivity index (χ2v) is 3.39. The van der Waals surface area contributed by atoms with Crippen LogP contribution in [0.25, 0.3) is 0 Å². The quantitative estimate of drug-likeness (QED) is 0.538. The Hall–Kier alpha value is -0.520. The van der Waals surface area contributed by atoms with Gasteiger partial charge in [0.15, 0.2) is 0 Å². The smallest absolute Gasteiger partial charge is 0.0168 e. The molecule has 62 valence electrons. The minimum atomic E-state index is 0.792. The largest absolute Gasteiger partial charge is 0.0996 e. The van der Waals surface area contributed by atoms with Crippen LogP contribution >= 0.6 is 0 Å². The molecule has 0 heteroatoms. The molecule has 0 aromatic rings. The van der Waals surface area contributed by atoms with Crippen molar-refractivity contribution < 1.29 is 0 Å². The van der Waals surface area contributed by atoms with Crippen LogP contribution in [0.1, 0.15) is 39.0 Å². The normalized spacial score (nSPS) is 23.5. The summed E-state index contributed by atoms with van der Waals surface area (Å²) in [6.07, 6.45) is 10.9. The van der Waals surface area contributed by atoms with Crippen LogP contribution in [0.15, 0.2) is 24.3 Å². The summed E-state index contributed by atoms with van der Waals surface area (Å²) < 4.78 is 0. The number of hydrogen-bond donors (Lipinski definition) is 0. The van der Waals surface area contributed by atoms with Gasteiger partial charge in [-0.2, -0.15) is 0 Å². The standard InChI is InChI=1S/C11H18/c1-3-7-10(2)11-8-5-4-6-9-11/h4-5,11H,2-3,6-9H2,1H3/t11-/m0/s1. The van der Waals surface area contributed by atoms with Crippen molar-refractivity contribution in [1.29, 1.82) is 0 Å². The number of rotatable bonds is 3. The molecule has 0 aliphatic heterocycles. The third kappa shape index (κ3) is 2.53. The van der Waals surface area contributed by atoms with Crippen molar-refractivity contribution in [2.75, 3.05) is 0 Å². The van der Waals surface area contributed by atoms with Gasteiger partial charge in [0.25, 0.3) is 0 Å². The third-order valence-electron chi connectivity index (χ3n) is 2.42. The summed E-state index contributed by atoms with van der Waals surface area (Å²) in [5.41, 5.74) is 1.47.